The van der Waals surface area contributed by atoms with Gasteiger partial charge < -0.3 is 20.5 Å². The predicted octanol–water partition coefficient (Wildman–Crippen LogP) is 4.26. The SMILES string of the molecule is COCCCn1cc(Nc2nccc(-c3cc(C#N)c4c(c3)C(C)(CO)CN4)n2)c(CCC(C)C)n1. The van der Waals surface area contributed by atoms with Gasteiger partial charge in [0.15, 0.2) is 0 Å². The fourth-order valence-electron chi connectivity index (χ4n) is 4.43. The number of anilines is 3. The van der Waals surface area contributed by atoms with Crippen molar-refractivity contribution in [2.24, 2.45) is 5.92 Å². The Hall–Kier alpha value is -3.48. The topological polar surface area (TPSA) is 121 Å². The molecule has 9 heteroatoms. The summed E-state index contributed by atoms with van der Waals surface area (Å²) in [4.78, 5) is 9.21. The molecular formula is C27H35N7O2. The molecule has 3 heterocycles. The highest BCUT2D eigenvalue weighted by molar-refractivity contribution is 5.76. The summed E-state index contributed by atoms with van der Waals surface area (Å²) in [5.41, 5.74) is 5.22. The minimum absolute atomic E-state index is 0.00851. The molecule has 0 saturated carbocycles. The van der Waals surface area contributed by atoms with Crippen molar-refractivity contribution >= 4 is 17.3 Å². The van der Waals surface area contributed by atoms with Crippen LogP contribution in [0.2, 0.25) is 0 Å². The summed E-state index contributed by atoms with van der Waals surface area (Å²) in [6, 6.07) is 7.97. The van der Waals surface area contributed by atoms with Crippen molar-refractivity contribution in [2.45, 2.75) is 52.0 Å². The van der Waals surface area contributed by atoms with Crippen molar-refractivity contribution in [1.29, 1.82) is 5.26 Å². The lowest BCUT2D eigenvalue weighted by molar-refractivity contribution is 0.189. The second kappa shape index (κ2) is 11.1. The molecule has 3 N–H and O–H groups in total. The second-order valence-electron chi connectivity index (χ2n) is 10.1. The van der Waals surface area contributed by atoms with E-state index in [1.165, 1.54) is 0 Å². The molecule has 0 saturated heterocycles. The Morgan fingerprint density at radius 1 is 1.36 bits per heavy atom. The van der Waals surface area contributed by atoms with Gasteiger partial charge in [0.05, 0.1) is 34.9 Å². The third-order valence-corrected chi connectivity index (χ3v) is 6.64. The number of benzene rings is 1. The average Bonchev–Trinajstić information content (AvgIpc) is 3.43. The number of nitriles is 1. The normalized spacial score (nSPS) is 16.6. The van der Waals surface area contributed by atoms with Crippen LogP contribution in [-0.2, 0) is 23.1 Å². The molecule has 190 valence electrons. The first kappa shape index (κ1) is 25.6. The monoisotopic (exact) mass is 489 g/mol. The highest BCUT2D eigenvalue weighted by atomic mass is 16.5. The van der Waals surface area contributed by atoms with E-state index in [2.05, 4.69) is 35.5 Å². The molecule has 2 aromatic heterocycles. The Morgan fingerprint density at radius 2 is 2.19 bits per heavy atom. The molecule has 36 heavy (non-hydrogen) atoms. The largest absolute Gasteiger partial charge is 0.395 e. The molecule has 3 aromatic rings. The number of methoxy groups -OCH3 is 1. The zero-order valence-electron chi connectivity index (χ0n) is 21.5. The van der Waals surface area contributed by atoms with Gasteiger partial charge in [-0.25, -0.2) is 9.97 Å². The number of rotatable bonds is 11. The van der Waals surface area contributed by atoms with Crippen LogP contribution in [0.3, 0.4) is 0 Å². The lowest BCUT2D eigenvalue weighted by Crippen LogP contribution is -2.28. The molecule has 1 aliphatic heterocycles. The fraction of sp³-hybridized carbons (Fsp3) is 0.481. The summed E-state index contributed by atoms with van der Waals surface area (Å²) in [7, 11) is 1.70. The number of hydrogen-bond donors (Lipinski definition) is 3. The van der Waals surface area contributed by atoms with E-state index in [1.54, 1.807) is 13.3 Å². The van der Waals surface area contributed by atoms with Crippen molar-refractivity contribution in [3.05, 3.63) is 47.4 Å². The molecule has 1 aliphatic rings. The third-order valence-electron chi connectivity index (χ3n) is 6.64. The third kappa shape index (κ3) is 5.50. The van der Waals surface area contributed by atoms with Gasteiger partial charge in [0.25, 0.3) is 0 Å². The van der Waals surface area contributed by atoms with Crippen molar-refractivity contribution in [1.82, 2.24) is 19.7 Å². The number of hydrogen-bond acceptors (Lipinski definition) is 8. The van der Waals surface area contributed by atoms with Gasteiger partial charge in [0.2, 0.25) is 5.95 Å². The molecular weight excluding hydrogens is 454 g/mol. The van der Waals surface area contributed by atoms with Crippen molar-refractivity contribution in [2.75, 3.05) is 37.5 Å². The van der Waals surface area contributed by atoms with Crippen molar-refractivity contribution in [3.8, 4) is 17.3 Å². The Labute approximate surface area is 212 Å². The molecule has 0 radical (unpaired) electrons. The molecule has 0 bridgehead atoms. The maximum absolute atomic E-state index is 10.0. The van der Waals surface area contributed by atoms with Gasteiger partial charge in [-0.3, -0.25) is 4.68 Å². The molecule has 4 rings (SSSR count). The summed E-state index contributed by atoms with van der Waals surface area (Å²) in [6.07, 6.45) is 6.50. The van der Waals surface area contributed by atoms with Crippen LogP contribution in [0.1, 0.15) is 50.4 Å². The first-order valence-corrected chi connectivity index (χ1v) is 12.5. The highest BCUT2D eigenvalue weighted by Crippen LogP contribution is 2.41. The summed E-state index contributed by atoms with van der Waals surface area (Å²) >= 11 is 0. The van der Waals surface area contributed by atoms with E-state index in [9.17, 15) is 10.4 Å². The van der Waals surface area contributed by atoms with Gasteiger partial charge in [-0.05, 0) is 48.9 Å². The van der Waals surface area contributed by atoms with E-state index >= 15 is 0 Å². The highest BCUT2D eigenvalue weighted by Gasteiger charge is 2.36. The number of aliphatic hydroxyl groups is 1. The zero-order valence-corrected chi connectivity index (χ0v) is 21.5. The average molecular weight is 490 g/mol. The van der Waals surface area contributed by atoms with E-state index in [1.807, 2.05) is 36.0 Å². The number of aliphatic hydroxyl groups excluding tert-OH is 1. The van der Waals surface area contributed by atoms with Crippen LogP contribution in [0.25, 0.3) is 11.3 Å². The maximum atomic E-state index is 10.0. The standard InChI is InChI=1S/C27H35N7O2/c1-18(2)6-7-23-24(15-34(33-23)10-5-11-36-4)32-26-29-9-8-22(31-26)19-12-20(14-28)25-21(13-19)27(3,17-35)16-30-25/h8-9,12-13,15,18,30,35H,5-7,10-11,16-17H2,1-4H3,(H,29,31,32). The van der Waals surface area contributed by atoms with Crippen LogP contribution >= 0.6 is 0 Å². The summed E-state index contributed by atoms with van der Waals surface area (Å²) in [5.74, 6) is 1.04. The Bertz CT molecular complexity index is 1250. The Balaban J connectivity index is 1.63. The van der Waals surface area contributed by atoms with Gasteiger partial charge in [-0.1, -0.05) is 20.8 Å². The maximum Gasteiger partial charge on any atom is 0.227 e. The second-order valence-corrected chi connectivity index (χ2v) is 10.1. The number of ether oxygens (including phenoxy) is 1. The number of fused-ring (bicyclic) bond motifs is 1. The Morgan fingerprint density at radius 3 is 2.92 bits per heavy atom. The lowest BCUT2D eigenvalue weighted by atomic mass is 9.83. The number of nitrogens with zero attached hydrogens (tertiary/aromatic N) is 5. The van der Waals surface area contributed by atoms with E-state index in [4.69, 9.17) is 14.8 Å². The minimum Gasteiger partial charge on any atom is -0.395 e. The van der Waals surface area contributed by atoms with E-state index in [-0.39, 0.29) is 6.61 Å². The van der Waals surface area contributed by atoms with Gasteiger partial charge in [-0.15, -0.1) is 0 Å². The number of nitrogens with one attached hydrogen (secondary N) is 2. The van der Waals surface area contributed by atoms with E-state index in [0.29, 0.717) is 36.3 Å². The molecule has 0 amide bonds. The number of aryl methyl sites for hydroxylation is 2. The Kier molecular flexibility index (Phi) is 7.87. The number of aromatic nitrogens is 4. The van der Waals surface area contributed by atoms with Gasteiger partial charge in [-0.2, -0.15) is 10.4 Å². The predicted molar refractivity (Wildman–Crippen MR) is 140 cm³/mol. The summed E-state index contributed by atoms with van der Waals surface area (Å²) in [6.45, 7) is 8.44. The van der Waals surface area contributed by atoms with E-state index in [0.717, 1.165) is 54.0 Å². The molecule has 1 aromatic carbocycles. The van der Waals surface area contributed by atoms with Crippen LogP contribution in [0.5, 0.6) is 0 Å². The van der Waals surface area contributed by atoms with E-state index < -0.39 is 5.41 Å². The minimum atomic E-state index is -0.451. The van der Waals surface area contributed by atoms with Gasteiger partial charge in [0.1, 0.15) is 6.07 Å². The molecule has 9 nitrogen and oxygen atoms in total. The molecule has 0 aliphatic carbocycles. The van der Waals surface area contributed by atoms with Crippen LogP contribution in [0.15, 0.2) is 30.6 Å². The van der Waals surface area contributed by atoms with Crippen LogP contribution < -0.4 is 10.6 Å². The summed E-state index contributed by atoms with van der Waals surface area (Å²) < 4.78 is 7.13. The molecule has 1 atom stereocenters. The first-order valence-electron chi connectivity index (χ1n) is 12.5. The lowest BCUT2D eigenvalue weighted by Gasteiger charge is -2.21. The fourth-order valence-corrected chi connectivity index (χ4v) is 4.43. The zero-order chi connectivity index (χ0) is 25.7. The molecule has 0 fully saturated rings. The molecule has 1 unspecified atom stereocenters. The van der Waals surface area contributed by atoms with Gasteiger partial charge >= 0.3 is 0 Å². The molecule has 0 spiro atoms. The van der Waals surface area contributed by atoms with Crippen LogP contribution in [-0.4, -0.2) is 51.7 Å². The smallest absolute Gasteiger partial charge is 0.227 e. The van der Waals surface area contributed by atoms with Crippen molar-refractivity contribution in [3.63, 3.8) is 0 Å². The summed E-state index contributed by atoms with van der Waals surface area (Å²) in [5, 5.41) is 31.2. The van der Waals surface area contributed by atoms with Crippen molar-refractivity contribution < 1.29 is 9.84 Å². The quantitative estimate of drug-likeness (QED) is 0.342. The van der Waals surface area contributed by atoms with Crippen LogP contribution in [0.4, 0.5) is 17.3 Å². The van der Waals surface area contributed by atoms with Crippen LogP contribution in [0, 0.1) is 17.2 Å². The van der Waals surface area contributed by atoms with Gasteiger partial charge in [0, 0.05) is 50.2 Å². The first-order chi connectivity index (χ1) is 17.4.